The molecule has 0 radical (unpaired) electrons. The Balaban J connectivity index is 1.95. The number of amides is 1. The number of nitrogens with one attached hydrogen (secondary N) is 1. The molecule has 26 heavy (non-hydrogen) atoms. The first-order chi connectivity index (χ1) is 12.6. The summed E-state index contributed by atoms with van der Waals surface area (Å²) in [4.78, 5) is 12.2. The number of rotatable bonds is 9. The van der Waals surface area contributed by atoms with Gasteiger partial charge in [0.2, 0.25) is 5.91 Å². The standard InChI is InChI=1S/C22H26N2O2/c1-3-6-17(2)15-22(25)24-21-8-5-4-7-19(21)16-26-20-11-9-18(10-12-20)13-14-23/h4-5,7-12,17H,3,6,13,15-16H2,1-2H3,(H,24,25). The number of nitriles is 1. The third-order valence-electron chi connectivity index (χ3n) is 4.21. The zero-order valence-corrected chi connectivity index (χ0v) is 15.5. The maximum absolute atomic E-state index is 12.2. The molecule has 0 aliphatic rings. The van der Waals surface area contributed by atoms with Crippen molar-refractivity contribution in [1.29, 1.82) is 5.26 Å². The second kappa shape index (κ2) is 10.2. The van der Waals surface area contributed by atoms with Gasteiger partial charge >= 0.3 is 0 Å². The topological polar surface area (TPSA) is 62.1 Å². The quantitative estimate of drug-likeness (QED) is 0.684. The predicted molar refractivity (Wildman–Crippen MR) is 104 cm³/mol. The van der Waals surface area contributed by atoms with Gasteiger partial charge in [0.25, 0.3) is 0 Å². The molecule has 2 rings (SSSR count). The molecule has 1 unspecified atom stereocenters. The summed E-state index contributed by atoms with van der Waals surface area (Å²) in [6.45, 7) is 4.61. The summed E-state index contributed by atoms with van der Waals surface area (Å²) in [5, 5.41) is 11.7. The summed E-state index contributed by atoms with van der Waals surface area (Å²) in [5.74, 6) is 1.17. The van der Waals surface area contributed by atoms with E-state index in [0.717, 1.165) is 35.4 Å². The average Bonchev–Trinajstić information content (AvgIpc) is 2.62. The first kappa shape index (κ1) is 19.5. The van der Waals surface area contributed by atoms with Gasteiger partial charge in [0.1, 0.15) is 12.4 Å². The van der Waals surface area contributed by atoms with Crippen LogP contribution in [0.1, 0.15) is 44.2 Å². The zero-order valence-electron chi connectivity index (χ0n) is 15.5. The largest absolute Gasteiger partial charge is 0.489 e. The van der Waals surface area contributed by atoms with Gasteiger partial charge in [-0.2, -0.15) is 5.26 Å². The number of carbonyl (C=O) groups excluding carboxylic acids is 1. The van der Waals surface area contributed by atoms with E-state index in [1.54, 1.807) is 0 Å². The molecule has 0 saturated carbocycles. The number of hydrogen-bond donors (Lipinski definition) is 1. The Labute approximate surface area is 155 Å². The highest BCUT2D eigenvalue weighted by atomic mass is 16.5. The fourth-order valence-electron chi connectivity index (χ4n) is 2.84. The number of para-hydroxylation sites is 1. The van der Waals surface area contributed by atoms with E-state index >= 15 is 0 Å². The molecular formula is C22H26N2O2. The van der Waals surface area contributed by atoms with Crippen molar-refractivity contribution in [3.05, 3.63) is 59.7 Å². The molecule has 1 amide bonds. The van der Waals surface area contributed by atoms with Crippen molar-refractivity contribution >= 4 is 11.6 Å². The number of nitrogens with zero attached hydrogens (tertiary/aromatic N) is 1. The molecule has 0 aromatic heterocycles. The van der Waals surface area contributed by atoms with Crippen LogP contribution in [-0.4, -0.2) is 5.91 Å². The number of carbonyl (C=O) groups is 1. The van der Waals surface area contributed by atoms with Crippen molar-refractivity contribution in [3.63, 3.8) is 0 Å². The van der Waals surface area contributed by atoms with Crippen LogP contribution in [0, 0.1) is 17.2 Å². The van der Waals surface area contributed by atoms with Gasteiger partial charge < -0.3 is 10.1 Å². The molecule has 0 fully saturated rings. The van der Waals surface area contributed by atoms with Crippen LogP contribution in [0.25, 0.3) is 0 Å². The summed E-state index contributed by atoms with van der Waals surface area (Å²) in [5.41, 5.74) is 2.70. The van der Waals surface area contributed by atoms with E-state index in [9.17, 15) is 4.79 Å². The van der Waals surface area contributed by atoms with Crippen molar-refractivity contribution in [1.82, 2.24) is 0 Å². The third-order valence-corrected chi connectivity index (χ3v) is 4.21. The second-order valence-electron chi connectivity index (χ2n) is 6.57. The van der Waals surface area contributed by atoms with Crippen LogP contribution in [0.2, 0.25) is 0 Å². The van der Waals surface area contributed by atoms with Crippen LogP contribution in [0.5, 0.6) is 5.75 Å². The van der Waals surface area contributed by atoms with E-state index in [-0.39, 0.29) is 5.91 Å². The molecule has 2 aromatic rings. The molecule has 0 saturated heterocycles. The highest BCUT2D eigenvalue weighted by molar-refractivity contribution is 5.91. The summed E-state index contributed by atoms with van der Waals surface area (Å²) in [6.07, 6.45) is 3.07. The number of hydrogen-bond acceptors (Lipinski definition) is 3. The van der Waals surface area contributed by atoms with Gasteiger partial charge in [-0.25, -0.2) is 0 Å². The molecule has 136 valence electrons. The Hall–Kier alpha value is -2.80. The lowest BCUT2D eigenvalue weighted by atomic mass is 10.0. The Morgan fingerprint density at radius 1 is 1.19 bits per heavy atom. The minimum absolute atomic E-state index is 0.0410. The normalized spacial score (nSPS) is 11.4. The van der Waals surface area contributed by atoms with Crippen molar-refractivity contribution < 1.29 is 9.53 Å². The van der Waals surface area contributed by atoms with Crippen LogP contribution >= 0.6 is 0 Å². The van der Waals surface area contributed by atoms with Crippen molar-refractivity contribution in [2.75, 3.05) is 5.32 Å². The van der Waals surface area contributed by atoms with E-state index in [0.29, 0.717) is 25.4 Å². The Morgan fingerprint density at radius 3 is 2.62 bits per heavy atom. The first-order valence-corrected chi connectivity index (χ1v) is 9.08. The molecule has 4 nitrogen and oxygen atoms in total. The fraction of sp³-hybridized carbons (Fsp3) is 0.364. The van der Waals surface area contributed by atoms with E-state index in [2.05, 4.69) is 25.2 Å². The molecule has 0 aliphatic heterocycles. The summed E-state index contributed by atoms with van der Waals surface area (Å²) in [6, 6.07) is 17.3. The van der Waals surface area contributed by atoms with Crippen LogP contribution in [0.4, 0.5) is 5.69 Å². The Kier molecular flexibility index (Phi) is 7.70. The summed E-state index contributed by atoms with van der Waals surface area (Å²) in [7, 11) is 0. The van der Waals surface area contributed by atoms with E-state index in [1.807, 2.05) is 48.5 Å². The van der Waals surface area contributed by atoms with Gasteiger partial charge in [-0.3, -0.25) is 4.79 Å². The lowest BCUT2D eigenvalue weighted by Gasteiger charge is -2.14. The molecule has 2 aromatic carbocycles. The Morgan fingerprint density at radius 2 is 1.92 bits per heavy atom. The molecule has 1 atom stereocenters. The van der Waals surface area contributed by atoms with Crippen LogP contribution in [0.3, 0.4) is 0 Å². The maximum atomic E-state index is 12.2. The van der Waals surface area contributed by atoms with Crippen molar-refractivity contribution in [3.8, 4) is 11.8 Å². The van der Waals surface area contributed by atoms with Gasteiger partial charge in [-0.15, -0.1) is 0 Å². The zero-order chi connectivity index (χ0) is 18.8. The number of anilines is 1. The molecule has 0 heterocycles. The second-order valence-corrected chi connectivity index (χ2v) is 6.57. The van der Waals surface area contributed by atoms with Gasteiger partial charge in [0.05, 0.1) is 12.5 Å². The van der Waals surface area contributed by atoms with Crippen LogP contribution < -0.4 is 10.1 Å². The third kappa shape index (κ3) is 6.25. The van der Waals surface area contributed by atoms with E-state index in [4.69, 9.17) is 10.00 Å². The van der Waals surface area contributed by atoms with Crippen molar-refractivity contribution in [2.45, 2.75) is 46.1 Å². The molecule has 0 spiro atoms. The molecule has 0 aliphatic carbocycles. The van der Waals surface area contributed by atoms with Gasteiger partial charge in [0.15, 0.2) is 0 Å². The predicted octanol–water partition coefficient (Wildman–Crippen LogP) is 5.10. The maximum Gasteiger partial charge on any atom is 0.224 e. The number of ether oxygens (including phenoxy) is 1. The van der Waals surface area contributed by atoms with Gasteiger partial charge in [0, 0.05) is 17.7 Å². The lowest BCUT2D eigenvalue weighted by Crippen LogP contribution is -2.16. The first-order valence-electron chi connectivity index (χ1n) is 9.08. The highest BCUT2D eigenvalue weighted by Gasteiger charge is 2.11. The molecular weight excluding hydrogens is 324 g/mol. The molecule has 1 N–H and O–H groups in total. The van der Waals surface area contributed by atoms with Gasteiger partial charge in [-0.05, 0) is 29.7 Å². The minimum atomic E-state index is 0.0410. The lowest BCUT2D eigenvalue weighted by molar-refractivity contribution is -0.117. The SMILES string of the molecule is CCCC(C)CC(=O)Nc1ccccc1COc1ccc(CC#N)cc1. The minimum Gasteiger partial charge on any atom is -0.489 e. The number of benzene rings is 2. The van der Waals surface area contributed by atoms with Crippen molar-refractivity contribution in [2.24, 2.45) is 5.92 Å². The highest BCUT2D eigenvalue weighted by Crippen LogP contribution is 2.20. The molecule has 0 bridgehead atoms. The van der Waals surface area contributed by atoms with Gasteiger partial charge in [-0.1, -0.05) is 57.0 Å². The smallest absolute Gasteiger partial charge is 0.224 e. The summed E-state index contributed by atoms with van der Waals surface area (Å²) >= 11 is 0. The molecule has 4 heteroatoms. The Bertz CT molecular complexity index is 747. The summed E-state index contributed by atoms with van der Waals surface area (Å²) < 4.78 is 5.83. The van der Waals surface area contributed by atoms with E-state index in [1.165, 1.54) is 0 Å². The average molecular weight is 350 g/mol. The monoisotopic (exact) mass is 350 g/mol. The van der Waals surface area contributed by atoms with Crippen LogP contribution in [-0.2, 0) is 17.8 Å². The van der Waals surface area contributed by atoms with Crippen LogP contribution in [0.15, 0.2) is 48.5 Å². The van der Waals surface area contributed by atoms with E-state index < -0.39 is 0 Å². The fourth-order valence-corrected chi connectivity index (χ4v) is 2.84.